The summed E-state index contributed by atoms with van der Waals surface area (Å²) in [6.45, 7) is 0. The van der Waals surface area contributed by atoms with Gasteiger partial charge in [-0.1, -0.05) is 188 Å². The van der Waals surface area contributed by atoms with Crippen molar-refractivity contribution in [2.45, 2.75) is 12.8 Å². The fourth-order valence-electron chi connectivity index (χ4n) is 9.82. The van der Waals surface area contributed by atoms with Crippen LogP contribution < -0.4 is 0 Å². The van der Waals surface area contributed by atoms with Gasteiger partial charge in [0.25, 0.3) is 0 Å². The average molecular weight is 762 g/mol. The van der Waals surface area contributed by atoms with Crippen LogP contribution in [0.4, 0.5) is 0 Å². The number of nitrogens with zero attached hydrogens (tertiary/aromatic N) is 1. The SMILES string of the molecule is C1=C(c2c3ccccc3c(-c3ccc4ccccc4c3)c3ccc(-c4ccc(-c5cc(-c6ccccc6)nc6ccc7ccccc7c56)cc4)cc23)CCc2ccccc21. The Bertz CT molecular complexity index is 3520. The van der Waals surface area contributed by atoms with Crippen molar-refractivity contribution in [3.05, 3.63) is 223 Å². The van der Waals surface area contributed by atoms with Gasteiger partial charge >= 0.3 is 0 Å². The molecule has 11 aromatic rings. The van der Waals surface area contributed by atoms with Gasteiger partial charge in [-0.3, -0.25) is 0 Å². The standard InChI is InChI=1S/C59H39N/c1-2-15-43(16-3-1)56-37-53(59-49-19-9-8-14-41(49)31-33-55(59)60-56)42-26-22-40(23-27-42)46-30-32-52-54(36-46)58(48-29-25-39-13-5-7-18-45(39)35-48)51-21-11-10-20-50(51)57(52)47-28-24-38-12-4-6-17-44(38)34-47/h1-24,26-28,30-37H,25,29H2. The lowest BCUT2D eigenvalue weighted by molar-refractivity contribution is 1.00. The molecule has 0 N–H and O–H groups in total. The van der Waals surface area contributed by atoms with Crippen LogP contribution >= 0.6 is 0 Å². The number of hydrogen-bond acceptors (Lipinski definition) is 1. The van der Waals surface area contributed by atoms with Gasteiger partial charge in [0.05, 0.1) is 11.2 Å². The summed E-state index contributed by atoms with van der Waals surface area (Å²) < 4.78 is 0. The number of allylic oxidation sites excluding steroid dienone is 1. The van der Waals surface area contributed by atoms with E-state index in [0.29, 0.717) is 0 Å². The molecule has 1 aliphatic rings. The molecule has 60 heavy (non-hydrogen) atoms. The third kappa shape index (κ3) is 5.74. The first kappa shape index (κ1) is 34.4. The van der Waals surface area contributed by atoms with E-state index in [1.165, 1.54) is 104 Å². The van der Waals surface area contributed by atoms with Crippen LogP contribution in [0.25, 0.3) is 110 Å². The average Bonchev–Trinajstić information content (AvgIpc) is 3.32. The van der Waals surface area contributed by atoms with E-state index in [9.17, 15) is 0 Å². The molecule has 0 unspecified atom stereocenters. The van der Waals surface area contributed by atoms with Gasteiger partial charge in [-0.15, -0.1) is 0 Å². The first-order valence-electron chi connectivity index (χ1n) is 21.0. The molecule has 1 aromatic heterocycles. The highest BCUT2D eigenvalue weighted by atomic mass is 14.7. The van der Waals surface area contributed by atoms with Gasteiger partial charge < -0.3 is 0 Å². The lowest BCUT2D eigenvalue weighted by atomic mass is 9.81. The van der Waals surface area contributed by atoms with E-state index >= 15 is 0 Å². The number of aryl methyl sites for hydroxylation is 1. The van der Waals surface area contributed by atoms with Crippen molar-refractivity contribution in [1.29, 1.82) is 0 Å². The number of benzene rings is 10. The van der Waals surface area contributed by atoms with Gasteiger partial charge in [0.15, 0.2) is 0 Å². The van der Waals surface area contributed by atoms with Gasteiger partial charge in [-0.25, -0.2) is 4.98 Å². The Morgan fingerprint density at radius 3 is 1.83 bits per heavy atom. The van der Waals surface area contributed by atoms with Crippen LogP contribution in [0.5, 0.6) is 0 Å². The Kier molecular flexibility index (Phi) is 8.06. The molecule has 0 saturated heterocycles. The van der Waals surface area contributed by atoms with Gasteiger partial charge in [0, 0.05) is 10.9 Å². The van der Waals surface area contributed by atoms with Crippen molar-refractivity contribution in [1.82, 2.24) is 4.98 Å². The van der Waals surface area contributed by atoms with Crippen LogP contribution in [-0.2, 0) is 6.42 Å². The van der Waals surface area contributed by atoms with Gasteiger partial charge in [-0.2, -0.15) is 0 Å². The molecule has 0 aliphatic heterocycles. The smallest absolute Gasteiger partial charge is 0.0722 e. The molecule has 0 spiro atoms. The van der Waals surface area contributed by atoms with Gasteiger partial charge in [0.1, 0.15) is 0 Å². The van der Waals surface area contributed by atoms with Crippen molar-refractivity contribution in [2.75, 3.05) is 0 Å². The van der Waals surface area contributed by atoms with Gasteiger partial charge in [-0.05, 0) is 136 Å². The minimum Gasteiger partial charge on any atom is -0.248 e. The fraction of sp³-hybridized carbons (Fsp3) is 0.0339. The molecule has 280 valence electrons. The Balaban J connectivity index is 1.06. The van der Waals surface area contributed by atoms with E-state index in [4.69, 9.17) is 4.98 Å². The van der Waals surface area contributed by atoms with Crippen molar-refractivity contribution in [2.24, 2.45) is 0 Å². The van der Waals surface area contributed by atoms with Crippen molar-refractivity contribution in [3.8, 4) is 44.6 Å². The topological polar surface area (TPSA) is 12.9 Å². The fourth-order valence-corrected chi connectivity index (χ4v) is 9.82. The highest BCUT2D eigenvalue weighted by Crippen LogP contribution is 2.46. The summed E-state index contributed by atoms with van der Waals surface area (Å²) >= 11 is 0. The molecule has 12 rings (SSSR count). The van der Waals surface area contributed by atoms with Crippen molar-refractivity contribution in [3.63, 3.8) is 0 Å². The summed E-state index contributed by atoms with van der Waals surface area (Å²) in [6, 6.07) is 75.8. The van der Waals surface area contributed by atoms with E-state index in [0.717, 1.165) is 29.6 Å². The zero-order valence-electron chi connectivity index (χ0n) is 33.1. The Morgan fingerprint density at radius 2 is 0.983 bits per heavy atom. The van der Waals surface area contributed by atoms with Crippen LogP contribution in [0, 0.1) is 0 Å². The molecule has 10 aromatic carbocycles. The van der Waals surface area contributed by atoms with Crippen molar-refractivity contribution >= 4 is 65.6 Å². The maximum Gasteiger partial charge on any atom is 0.0722 e. The first-order chi connectivity index (χ1) is 29.7. The second-order valence-corrected chi connectivity index (χ2v) is 16.2. The number of aromatic nitrogens is 1. The molecule has 1 aliphatic carbocycles. The lowest BCUT2D eigenvalue weighted by Gasteiger charge is -2.23. The second-order valence-electron chi connectivity index (χ2n) is 16.2. The Hall–Kier alpha value is -7.61. The predicted octanol–water partition coefficient (Wildman–Crippen LogP) is 16.0. The van der Waals surface area contributed by atoms with Crippen LogP contribution in [0.15, 0.2) is 206 Å². The molecule has 1 heterocycles. The molecule has 0 saturated carbocycles. The monoisotopic (exact) mass is 761 g/mol. The quantitative estimate of drug-likeness (QED) is 0.126. The van der Waals surface area contributed by atoms with Crippen LogP contribution in [0.1, 0.15) is 23.1 Å². The van der Waals surface area contributed by atoms with E-state index in [1.54, 1.807) is 0 Å². The minimum atomic E-state index is 0.980. The van der Waals surface area contributed by atoms with Crippen LogP contribution in [0.3, 0.4) is 0 Å². The van der Waals surface area contributed by atoms with E-state index < -0.39 is 0 Å². The lowest BCUT2D eigenvalue weighted by Crippen LogP contribution is -2.01. The summed E-state index contributed by atoms with van der Waals surface area (Å²) in [5, 5.41) is 11.3. The Labute approximate surface area is 349 Å². The zero-order chi connectivity index (χ0) is 39.6. The van der Waals surface area contributed by atoms with Gasteiger partial charge in [0.2, 0.25) is 0 Å². The number of rotatable bonds is 5. The molecule has 1 nitrogen and oxygen atoms in total. The van der Waals surface area contributed by atoms with E-state index in [-0.39, 0.29) is 0 Å². The number of hydrogen-bond donors (Lipinski definition) is 0. The first-order valence-corrected chi connectivity index (χ1v) is 21.0. The maximum atomic E-state index is 5.20. The predicted molar refractivity (Wildman–Crippen MR) is 256 cm³/mol. The van der Waals surface area contributed by atoms with Crippen LogP contribution in [0.2, 0.25) is 0 Å². The van der Waals surface area contributed by atoms with E-state index in [1.807, 2.05) is 0 Å². The third-order valence-corrected chi connectivity index (χ3v) is 12.7. The summed E-state index contributed by atoms with van der Waals surface area (Å²) in [7, 11) is 0. The molecule has 0 fully saturated rings. The molecule has 0 amide bonds. The highest BCUT2D eigenvalue weighted by molar-refractivity contribution is 6.21. The van der Waals surface area contributed by atoms with Crippen molar-refractivity contribution < 1.29 is 0 Å². The molecule has 0 bridgehead atoms. The number of pyridine rings is 1. The zero-order valence-corrected chi connectivity index (χ0v) is 33.1. The molecule has 1 heteroatoms. The largest absolute Gasteiger partial charge is 0.248 e. The summed E-state index contributed by atoms with van der Waals surface area (Å²) in [5.74, 6) is 0. The maximum absolute atomic E-state index is 5.20. The molecule has 0 radical (unpaired) electrons. The highest BCUT2D eigenvalue weighted by Gasteiger charge is 2.21. The third-order valence-electron chi connectivity index (χ3n) is 12.7. The second kappa shape index (κ2) is 14.0. The summed E-state index contributed by atoms with van der Waals surface area (Å²) in [6.07, 6.45) is 4.49. The molecular formula is C59H39N. The molecular weight excluding hydrogens is 723 g/mol. The summed E-state index contributed by atoms with van der Waals surface area (Å²) in [4.78, 5) is 5.20. The number of fused-ring (bicyclic) bond motifs is 7. The summed E-state index contributed by atoms with van der Waals surface area (Å²) in [5.41, 5.74) is 15.9. The van der Waals surface area contributed by atoms with E-state index in [2.05, 4.69) is 212 Å². The normalized spacial score (nSPS) is 12.6. The van der Waals surface area contributed by atoms with Crippen LogP contribution in [-0.4, -0.2) is 4.98 Å². The minimum absolute atomic E-state index is 0.980. The Morgan fingerprint density at radius 1 is 0.350 bits per heavy atom. The molecule has 0 atom stereocenters.